The zero-order chi connectivity index (χ0) is 18.7. The molecule has 0 aromatic heterocycles. The molecule has 1 fully saturated rings. The third-order valence-electron chi connectivity index (χ3n) is 5.27. The molecule has 0 unspecified atom stereocenters. The topological polar surface area (TPSA) is 57.0 Å². The van der Waals surface area contributed by atoms with Crippen LogP contribution >= 0.6 is 0 Å². The second-order valence-electron chi connectivity index (χ2n) is 7.16. The van der Waals surface area contributed by atoms with Gasteiger partial charge in [0.25, 0.3) is 5.91 Å². The molecule has 1 amide bonds. The highest BCUT2D eigenvalue weighted by atomic mass is 16.3. The van der Waals surface area contributed by atoms with Crippen molar-refractivity contribution in [1.29, 1.82) is 0 Å². The number of benzene rings is 2. The molecule has 3 rings (SSSR count). The Kier molecular flexibility index (Phi) is 5.47. The SMILES string of the molecule is Cc1ccc(NC(=O)[C@@H](C)[NH+]2CCN(c3ccccc3O)CC2)c(C)c1. The van der Waals surface area contributed by atoms with Gasteiger partial charge in [-0.15, -0.1) is 0 Å². The molecular formula is C21H28N3O2+. The van der Waals surface area contributed by atoms with Crippen molar-refractivity contribution in [1.82, 2.24) is 0 Å². The maximum Gasteiger partial charge on any atom is 0.282 e. The summed E-state index contributed by atoms with van der Waals surface area (Å²) in [4.78, 5) is 16.1. The minimum Gasteiger partial charge on any atom is -0.506 e. The van der Waals surface area contributed by atoms with E-state index in [0.717, 1.165) is 43.1 Å². The van der Waals surface area contributed by atoms with Crippen LogP contribution in [0.4, 0.5) is 11.4 Å². The third-order valence-corrected chi connectivity index (χ3v) is 5.27. The Hall–Kier alpha value is -2.53. The number of anilines is 2. The van der Waals surface area contributed by atoms with Crippen LogP contribution in [0.5, 0.6) is 5.75 Å². The lowest BCUT2D eigenvalue weighted by atomic mass is 10.1. The number of aromatic hydroxyl groups is 1. The van der Waals surface area contributed by atoms with Crippen molar-refractivity contribution < 1.29 is 14.8 Å². The Morgan fingerprint density at radius 1 is 1.15 bits per heavy atom. The Morgan fingerprint density at radius 3 is 2.50 bits per heavy atom. The number of nitrogens with zero attached hydrogens (tertiary/aromatic N) is 1. The summed E-state index contributed by atoms with van der Waals surface area (Å²) in [5.74, 6) is 0.375. The standard InChI is InChI=1S/C21H27N3O2/c1-15-8-9-18(16(2)14-15)22-21(26)17(3)23-10-12-24(13-11-23)19-6-4-5-7-20(19)25/h4-9,14,17,25H,10-13H2,1-3H3,(H,22,26)/p+1/t17-/m1/s1. The number of amides is 1. The highest BCUT2D eigenvalue weighted by Crippen LogP contribution is 2.26. The van der Waals surface area contributed by atoms with Gasteiger partial charge in [-0.3, -0.25) is 4.79 Å². The maximum atomic E-state index is 12.7. The maximum absolute atomic E-state index is 12.7. The summed E-state index contributed by atoms with van der Waals surface area (Å²) in [6, 6.07) is 13.4. The number of rotatable bonds is 4. The molecule has 3 N–H and O–H groups in total. The van der Waals surface area contributed by atoms with Crippen LogP contribution in [-0.2, 0) is 4.79 Å². The van der Waals surface area contributed by atoms with Gasteiger partial charge >= 0.3 is 0 Å². The van der Waals surface area contributed by atoms with Gasteiger partial charge in [0.1, 0.15) is 5.75 Å². The van der Waals surface area contributed by atoms with Gasteiger partial charge in [-0.05, 0) is 44.5 Å². The van der Waals surface area contributed by atoms with Crippen LogP contribution < -0.4 is 15.1 Å². The fraction of sp³-hybridized carbons (Fsp3) is 0.381. The molecule has 1 aliphatic rings. The fourth-order valence-electron chi connectivity index (χ4n) is 3.58. The molecule has 0 spiro atoms. The Labute approximate surface area is 155 Å². The van der Waals surface area contributed by atoms with Gasteiger partial charge in [-0.25, -0.2) is 0 Å². The van der Waals surface area contributed by atoms with E-state index in [2.05, 4.69) is 23.2 Å². The highest BCUT2D eigenvalue weighted by Gasteiger charge is 2.30. The molecule has 2 aromatic rings. The van der Waals surface area contributed by atoms with E-state index in [1.165, 1.54) is 10.5 Å². The van der Waals surface area contributed by atoms with Crippen LogP contribution in [0.25, 0.3) is 0 Å². The average molecular weight is 354 g/mol. The third kappa shape index (κ3) is 3.99. The van der Waals surface area contributed by atoms with Gasteiger partial charge in [-0.1, -0.05) is 29.8 Å². The van der Waals surface area contributed by atoms with Crippen LogP contribution in [0.1, 0.15) is 18.1 Å². The van der Waals surface area contributed by atoms with Gasteiger partial charge in [0, 0.05) is 5.69 Å². The monoisotopic (exact) mass is 354 g/mol. The van der Waals surface area contributed by atoms with E-state index in [1.807, 2.05) is 44.2 Å². The van der Waals surface area contributed by atoms with Crippen molar-refractivity contribution in [3.05, 3.63) is 53.6 Å². The molecule has 1 aliphatic heterocycles. The number of aryl methyl sites for hydroxylation is 2. The molecule has 26 heavy (non-hydrogen) atoms. The molecule has 5 heteroatoms. The summed E-state index contributed by atoms with van der Waals surface area (Å²) in [6.45, 7) is 9.46. The predicted octanol–water partition coefficient (Wildman–Crippen LogP) is 1.74. The summed E-state index contributed by atoms with van der Waals surface area (Å²) in [5.41, 5.74) is 4.04. The summed E-state index contributed by atoms with van der Waals surface area (Å²) < 4.78 is 0. The van der Waals surface area contributed by atoms with Crippen LogP contribution in [0, 0.1) is 13.8 Å². The summed E-state index contributed by atoms with van der Waals surface area (Å²) >= 11 is 0. The second-order valence-corrected chi connectivity index (χ2v) is 7.16. The molecule has 0 radical (unpaired) electrons. The second kappa shape index (κ2) is 7.79. The number of carbonyl (C=O) groups is 1. The number of phenolic OH excluding ortho intramolecular Hbond substituents is 1. The summed E-state index contributed by atoms with van der Waals surface area (Å²) in [5, 5.41) is 13.1. The van der Waals surface area contributed by atoms with Crippen molar-refractivity contribution in [3.63, 3.8) is 0 Å². The van der Waals surface area contributed by atoms with Crippen LogP contribution in [0.2, 0.25) is 0 Å². The Bertz CT molecular complexity index is 783. The van der Waals surface area contributed by atoms with E-state index in [-0.39, 0.29) is 11.9 Å². The van der Waals surface area contributed by atoms with E-state index in [4.69, 9.17) is 0 Å². The van der Waals surface area contributed by atoms with Crippen molar-refractivity contribution in [2.45, 2.75) is 26.8 Å². The molecule has 0 bridgehead atoms. The number of nitrogens with one attached hydrogen (secondary N) is 2. The molecule has 1 saturated heterocycles. The van der Waals surface area contributed by atoms with E-state index in [1.54, 1.807) is 6.07 Å². The highest BCUT2D eigenvalue weighted by molar-refractivity contribution is 5.94. The minimum atomic E-state index is -0.109. The number of carbonyl (C=O) groups excluding carboxylic acids is 1. The van der Waals surface area contributed by atoms with Crippen LogP contribution in [0.3, 0.4) is 0 Å². The van der Waals surface area contributed by atoms with Crippen molar-refractivity contribution >= 4 is 17.3 Å². The number of quaternary nitrogens is 1. The van der Waals surface area contributed by atoms with Gasteiger partial charge in [0.05, 0.1) is 31.9 Å². The molecule has 1 heterocycles. The van der Waals surface area contributed by atoms with Gasteiger partial charge < -0.3 is 20.2 Å². The van der Waals surface area contributed by atoms with Crippen molar-refractivity contribution in [2.24, 2.45) is 0 Å². The zero-order valence-electron chi connectivity index (χ0n) is 15.7. The quantitative estimate of drug-likeness (QED) is 0.784. The lowest BCUT2D eigenvalue weighted by Crippen LogP contribution is -3.19. The summed E-state index contributed by atoms with van der Waals surface area (Å²) in [6.07, 6.45) is 0. The van der Waals surface area contributed by atoms with Gasteiger partial charge in [-0.2, -0.15) is 0 Å². The first-order valence-corrected chi connectivity index (χ1v) is 9.21. The predicted molar refractivity (Wildman–Crippen MR) is 105 cm³/mol. The van der Waals surface area contributed by atoms with Gasteiger partial charge in [0.15, 0.2) is 6.04 Å². The normalized spacial score (nSPS) is 16.3. The fourth-order valence-corrected chi connectivity index (χ4v) is 3.58. The molecule has 138 valence electrons. The number of hydrogen-bond donors (Lipinski definition) is 3. The minimum absolute atomic E-state index is 0.0583. The largest absolute Gasteiger partial charge is 0.506 e. The summed E-state index contributed by atoms with van der Waals surface area (Å²) in [7, 11) is 0. The van der Waals surface area contributed by atoms with Crippen molar-refractivity contribution in [2.75, 3.05) is 36.4 Å². The first-order chi connectivity index (χ1) is 12.5. The number of para-hydroxylation sites is 2. The van der Waals surface area contributed by atoms with E-state index in [0.29, 0.717) is 5.75 Å². The Balaban J connectivity index is 1.58. The molecule has 5 nitrogen and oxygen atoms in total. The average Bonchev–Trinajstić information content (AvgIpc) is 2.64. The Morgan fingerprint density at radius 2 is 1.85 bits per heavy atom. The van der Waals surface area contributed by atoms with Crippen LogP contribution in [-0.4, -0.2) is 43.2 Å². The molecule has 1 atom stereocenters. The first kappa shape index (κ1) is 18.3. The van der Waals surface area contributed by atoms with Crippen molar-refractivity contribution in [3.8, 4) is 5.75 Å². The lowest BCUT2D eigenvalue weighted by molar-refractivity contribution is -0.914. The van der Waals surface area contributed by atoms with E-state index < -0.39 is 0 Å². The number of phenols is 1. The number of piperazine rings is 1. The van der Waals surface area contributed by atoms with E-state index in [9.17, 15) is 9.90 Å². The zero-order valence-corrected chi connectivity index (χ0v) is 15.7. The molecule has 0 aliphatic carbocycles. The molecular weight excluding hydrogens is 326 g/mol. The smallest absolute Gasteiger partial charge is 0.282 e. The first-order valence-electron chi connectivity index (χ1n) is 9.21. The van der Waals surface area contributed by atoms with Gasteiger partial charge in [0.2, 0.25) is 0 Å². The van der Waals surface area contributed by atoms with E-state index >= 15 is 0 Å². The molecule has 2 aromatic carbocycles. The molecule has 0 saturated carbocycles. The number of hydrogen-bond acceptors (Lipinski definition) is 3. The lowest BCUT2D eigenvalue weighted by Gasteiger charge is -2.36. The van der Waals surface area contributed by atoms with Crippen LogP contribution in [0.15, 0.2) is 42.5 Å².